The molecule has 0 rings (SSSR count). The molecule has 7 heavy (non-hydrogen) atoms. The van der Waals surface area contributed by atoms with Gasteiger partial charge in [-0.1, -0.05) is 0 Å². The van der Waals surface area contributed by atoms with E-state index in [0.29, 0.717) is 12.5 Å². The van der Waals surface area contributed by atoms with Crippen LogP contribution in [0.15, 0.2) is 12.5 Å². The molecule has 0 aromatic rings. The van der Waals surface area contributed by atoms with Crippen molar-refractivity contribution in [1.29, 1.82) is 0 Å². The highest BCUT2D eigenvalue weighted by Crippen LogP contribution is 1.73. The Hall–Kier alpha value is -1.19. The summed E-state index contributed by atoms with van der Waals surface area (Å²) in [6.07, 6.45) is -0.290. The van der Waals surface area contributed by atoms with Crippen molar-refractivity contribution >= 4 is 6.16 Å². The Morgan fingerprint density at radius 2 is 2.29 bits per heavy atom. The average Bonchev–Trinajstić information content (AvgIpc) is 1.61. The molecule has 0 saturated heterocycles. The highest BCUT2D eigenvalue weighted by molar-refractivity contribution is 5.57. The summed E-state index contributed by atoms with van der Waals surface area (Å²) in [6.45, 7) is 0. The molecule has 0 amide bonds. The predicted octanol–water partition coefficient (Wildman–Crippen LogP) is 0.710. The van der Waals surface area contributed by atoms with Crippen LogP contribution in [0.2, 0.25) is 0 Å². The van der Waals surface area contributed by atoms with Crippen molar-refractivity contribution < 1.29 is 19.7 Å². The van der Waals surface area contributed by atoms with Gasteiger partial charge in [0.25, 0.3) is 0 Å². The molecule has 0 atom stereocenters. The number of carbonyl (C=O) groups is 1. The molecule has 0 aliphatic carbocycles. The van der Waals surface area contributed by atoms with Crippen LogP contribution in [0, 0.1) is 0 Å². The lowest BCUT2D eigenvalue weighted by Gasteiger charge is -1.82. The van der Waals surface area contributed by atoms with Gasteiger partial charge in [0.2, 0.25) is 0 Å². The van der Waals surface area contributed by atoms with Gasteiger partial charge in [-0.25, -0.2) is 4.79 Å². The zero-order chi connectivity index (χ0) is 5.70. The molecule has 0 aliphatic rings. The Bertz CT molecular complexity index is 84.9. The second kappa shape index (κ2) is 3.02. The maximum Gasteiger partial charge on any atom is 0.510 e. The SMILES string of the molecule is O=C(O)OC=CO. The van der Waals surface area contributed by atoms with Crippen molar-refractivity contribution in [2.45, 2.75) is 0 Å². The Kier molecular flexibility index (Phi) is 2.50. The first-order valence-electron chi connectivity index (χ1n) is 1.46. The average molecular weight is 104 g/mol. The van der Waals surface area contributed by atoms with E-state index in [0.717, 1.165) is 0 Å². The van der Waals surface area contributed by atoms with Crippen LogP contribution in [0.1, 0.15) is 0 Å². The number of aliphatic hydroxyl groups is 1. The maximum atomic E-state index is 9.37. The van der Waals surface area contributed by atoms with Crippen molar-refractivity contribution in [3.05, 3.63) is 12.5 Å². The van der Waals surface area contributed by atoms with Gasteiger partial charge in [0.15, 0.2) is 0 Å². The molecule has 0 spiro atoms. The van der Waals surface area contributed by atoms with Gasteiger partial charge in [-0.2, -0.15) is 0 Å². The molecule has 0 unspecified atom stereocenters. The zero-order valence-corrected chi connectivity index (χ0v) is 3.37. The summed E-state index contributed by atoms with van der Waals surface area (Å²) in [5, 5.41) is 15.4. The van der Waals surface area contributed by atoms with Gasteiger partial charge in [0.1, 0.15) is 12.5 Å². The van der Waals surface area contributed by atoms with E-state index >= 15 is 0 Å². The quantitative estimate of drug-likeness (QED) is 0.379. The van der Waals surface area contributed by atoms with Crippen molar-refractivity contribution in [1.82, 2.24) is 0 Å². The topological polar surface area (TPSA) is 66.8 Å². The first kappa shape index (κ1) is 5.81. The van der Waals surface area contributed by atoms with Gasteiger partial charge in [-0.3, -0.25) is 0 Å². The Morgan fingerprint density at radius 1 is 1.71 bits per heavy atom. The highest BCUT2D eigenvalue weighted by Gasteiger charge is 1.85. The zero-order valence-electron chi connectivity index (χ0n) is 3.37. The third kappa shape index (κ3) is 4.81. The van der Waals surface area contributed by atoms with E-state index < -0.39 is 6.16 Å². The van der Waals surface area contributed by atoms with Crippen LogP contribution in [0.5, 0.6) is 0 Å². The van der Waals surface area contributed by atoms with Gasteiger partial charge in [-0.05, 0) is 0 Å². The van der Waals surface area contributed by atoms with Crippen molar-refractivity contribution in [2.75, 3.05) is 0 Å². The summed E-state index contributed by atoms with van der Waals surface area (Å²) < 4.78 is 3.68. The van der Waals surface area contributed by atoms with Crippen LogP contribution < -0.4 is 0 Å². The van der Waals surface area contributed by atoms with Crippen LogP contribution in [0.25, 0.3) is 0 Å². The summed E-state index contributed by atoms with van der Waals surface area (Å²) in [6, 6.07) is 0. The smallest absolute Gasteiger partial charge is 0.510 e. The van der Waals surface area contributed by atoms with Gasteiger partial charge in [0, 0.05) is 0 Å². The second-order valence-corrected chi connectivity index (χ2v) is 0.669. The van der Waals surface area contributed by atoms with Crippen LogP contribution >= 0.6 is 0 Å². The molecule has 0 heterocycles. The summed E-state index contributed by atoms with van der Waals surface area (Å²) in [5.74, 6) is 0. The standard InChI is InChI=1S/C3H4O4/c4-1-2-7-3(5)6/h1-2,4H,(H,5,6). The summed E-state index contributed by atoms with van der Waals surface area (Å²) in [4.78, 5) is 9.37. The molecule has 40 valence electrons. The first-order valence-corrected chi connectivity index (χ1v) is 1.46. The molecule has 4 heteroatoms. The Labute approximate surface area is 39.6 Å². The van der Waals surface area contributed by atoms with Crippen molar-refractivity contribution in [3.8, 4) is 0 Å². The van der Waals surface area contributed by atoms with Crippen LogP contribution in [0.3, 0.4) is 0 Å². The normalized spacial score (nSPS) is 9.14. The van der Waals surface area contributed by atoms with Crippen LogP contribution in [-0.4, -0.2) is 16.4 Å². The second-order valence-electron chi connectivity index (χ2n) is 0.669. The van der Waals surface area contributed by atoms with E-state index in [1.165, 1.54) is 0 Å². The number of carboxylic acid groups (broad SMARTS) is 1. The Balaban J connectivity index is 3.14. The number of hydrogen-bond donors (Lipinski definition) is 2. The van der Waals surface area contributed by atoms with Crippen LogP contribution in [0.4, 0.5) is 4.79 Å². The van der Waals surface area contributed by atoms with E-state index in [9.17, 15) is 4.79 Å². The van der Waals surface area contributed by atoms with E-state index in [2.05, 4.69) is 4.74 Å². The third-order valence-corrected chi connectivity index (χ3v) is 0.230. The van der Waals surface area contributed by atoms with Gasteiger partial charge in [-0.15, -0.1) is 0 Å². The summed E-state index contributed by atoms with van der Waals surface area (Å²) in [7, 11) is 0. The first-order chi connectivity index (χ1) is 3.27. The monoisotopic (exact) mass is 104 g/mol. The summed E-state index contributed by atoms with van der Waals surface area (Å²) >= 11 is 0. The van der Waals surface area contributed by atoms with Gasteiger partial charge in [0.05, 0.1) is 0 Å². The Morgan fingerprint density at radius 3 is 2.43 bits per heavy atom. The molecule has 0 saturated carbocycles. The highest BCUT2D eigenvalue weighted by atomic mass is 16.7. The largest absolute Gasteiger partial charge is 0.512 e. The van der Waals surface area contributed by atoms with Gasteiger partial charge >= 0.3 is 6.16 Å². The molecule has 0 aromatic carbocycles. The fourth-order valence-electron chi connectivity index (χ4n) is 0.0886. The number of rotatable bonds is 1. The lowest BCUT2D eigenvalue weighted by atomic mass is 11.1. The molecule has 2 N–H and O–H groups in total. The molecule has 0 fully saturated rings. The molecular weight excluding hydrogens is 100 g/mol. The molecule has 0 aromatic heterocycles. The molecule has 0 aliphatic heterocycles. The van der Waals surface area contributed by atoms with E-state index in [1.54, 1.807) is 0 Å². The fraction of sp³-hybridized carbons (Fsp3) is 0. The van der Waals surface area contributed by atoms with Crippen molar-refractivity contribution in [3.63, 3.8) is 0 Å². The number of ether oxygens (including phenoxy) is 1. The lowest BCUT2D eigenvalue weighted by Crippen LogP contribution is -1.90. The van der Waals surface area contributed by atoms with Crippen LogP contribution in [-0.2, 0) is 4.74 Å². The molecule has 0 bridgehead atoms. The minimum atomic E-state index is -1.44. The molecular formula is C3H4O4. The third-order valence-electron chi connectivity index (χ3n) is 0.230. The molecule has 4 nitrogen and oxygen atoms in total. The molecule has 0 radical (unpaired) electrons. The minimum absolute atomic E-state index is 0.494. The van der Waals surface area contributed by atoms with Gasteiger partial charge < -0.3 is 14.9 Å². The fourth-order valence-corrected chi connectivity index (χ4v) is 0.0886. The van der Waals surface area contributed by atoms with E-state index in [-0.39, 0.29) is 0 Å². The minimum Gasteiger partial charge on any atom is -0.512 e. The number of hydrogen-bond acceptors (Lipinski definition) is 3. The summed E-state index contributed by atoms with van der Waals surface area (Å²) in [5.41, 5.74) is 0. The number of aliphatic hydroxyl groups excluding tert-OH is 1. The van der Waals surface area contributed by atoms with Crippen molar-refractivity contribution in [2.24, 2.45) is 0 Å². The maximum absolute atomic E-state index is 9.37. The van der Waals surface area contributed by atoms with E-state index in [1.807, 2.05) is 0 Å². The lowest BCUT2D eigenvalue weighted by molar-refractivity contribution is 0.126. The predicted molar refractivity (Wildman–Crippen MR) is 20.9 cm³/mol. The van der Waals surface area contributed by atoms with E-state index in [4.69, 9.17) is 10.2 Å².